The van der Waals surface area contributed by atoms with Crippen molar-refractivity contribution in [3.05, 3.63) is 0 Å². The fourth-order valence-corrected chi connectivity index (χ4v) is 2.65. The molecule has 2 unspecified atom stereocenters. The van der Waals surface area contributed by atoms with Gasteiger partial charge in [0.2, 0.25) is 0 Å². The molecule has 2 atom stereocenters. The molecule has 1 fully saturated rings. The molecule has 1 rings (SSSR count). The highest BCUT2D eigenvalue weighted by Crippen LogP contribution is 2.30. The van der Waals surface area contributed by atoms with Crippen LogP contribution in [0.15, 0.2) is 0 Å². The minimum atomic E-state index is -0.270. The SMILES string of the molecule is CC(C)COC(=O)N1CCCC(C(C)C)C1CO. The zero-order chi connectivity index (χ0) is 13.7. The highest BCUT2D eigenvalue weighted by atomic mass is 16.6. The summed E-state index contributed by atoms with van der Waals surface area (Å²) in [5.74, 6) is 1.19. The van der Waals surface area contributed by atoms with E-state index in [2.05, 4.69) is 13.8 Å². The minimum Gasteiger partial charge on any atom is -0.449 e. The van der Waals surface area contributed by atoms with Gasteiger partial charge in [0.25, 0.3) is 0 Å². The van der Waals surface area contributed by atoms with Crippen LogP contribution in [-0.2, 0) is 4.74 Å². The minimum absolute atomic E-state index is 0.0274. The second-order valence-corrected chi connectivity index (χ2v) is 5.96. The predicted molar refractivity (Wildman–Crippen MR) is 71.3 cm³/mol. The number of likely N-dealkylation sites (tertiary alicyclic amines) is 1. The van der Waals surface area contributed by atoms with Crippen molar-refractivity contribution in [2.45, 2.75) is 46.6 Å². The number of aliphatic hydroxyl groups is 1. The number of nitrogens with zero attached hydrogens (tertiary/aromatic N) is 1. The standard InChI is InChI=1S/C14H27NO3/c1-10(2)9-18-14(17)15-7-5-6-12(11(3)4)13(15)8-16/h10-13,16H,5-9H2,1-4H3. The summed E-state index contributed by atoms with van der Waals surface area (Å²) in [4.78, 5) is 13.8. The Morgan fingerprint density at radius 1 is 1.39 bits per heavy atom. The zero-order valence-corrected chi connectivity index (χ0v) is 12.1. The fourth-order valence-electron chi connectivity index (χ4n) is 2.65. The Bertz CT molecular complexity index is 266. The van der Waals surface area contributed by atoms with Gasteiger partial charge in [-0.3, -0.25) is 0 Å². The first-order valence-corrected chi connectivity index (χ1v) is 7.01. The molecule has 1 saturated heterocycles. The van der Waals surface area contributed by atoms with Gasteiger partial charge in [0.05, 0.1) is 19.3 Å². The van der Waals surface area contributed by atoms with E-state index in [9.17, 15) is 9.90 Å². The van der Waals surface area contributed by atoms with Gasteiger partial charge in [-0.25, -0.2) is 4.79 Å². The summed E-state index contributed by atoms with van der Waals surface area (Å²) in [6, 6.07) is -0.0848. The Kier molecular flexibility index (Phi) is 5.93. The normalized spacial score (nSPS) is 24.7. The van der Waals surface area contributed by atoms with Crippen LogP contribution in [0.25, 0.3) is 0 Å². The molecule has 4 heteroatoms. The van der Waals surface area contributed by atoms with Crippen molar-refractivity contribution in [3.8, 4) is 0 Å². The molecule has 0 spiro atoms. The number of aliphatic hydroxyl groups excluding tert-OH is 1. The molecule has 1 aliphatic heterocycles. The van der Waals surface area contributed by atoms with Crippen molar-refractivity contribution < 1.29 is 14.6 Å². The number of rotatable bonds is 4. The van der Waals surface area contributed by atoms with E-state index in [-0.39, 0.29) is 18.7 Å². The van der Waals surface area contributed by atoms with Crippen LogP contribution in [0.3, 0.4) is 0 Å². The maximum absolute atomic E-state index is 12.0. The molecule has 18 heavy (non-hydrogen) atoms. The fraction of sp³-hybridized carbons (Fsp3) is 0.929. The average molecular weight is 257 g/mol. The summed E-state index contributed by atoms with van der Waals surface area (Å²) in [6.07, 6.45) is 1.81. The number of piperidine rings is 1. The summed E-state index contributed by atoms with van der Waals surface area (Å²) in [5, 5.41) is 9.56. The number of ether oxygens (including phenoxy) is 1. The van der Waals surface area contributed by atoms with Crippen LogP contribution < -0.4 is 0 Å². The molecular weight excluding hydrogens is 230 g/mol. The molecule has 1 amide bonds. The third-order valence-electron chi connectivity index (χ3n) is 3.65. The highest BCUT2D eigenvalue weighted by molar-refractivity contribution is 5.68. The monoisotopic (exact) mass is 257 g/mol. The second-order valence-electron chi connectivity index (χ2n) is 5.96. The smallest absolute Gasteiger partial charge is 0.410 e. The molecule has 0 aromatic rings. The van der Waals surface area contributed by atoms with E-state index in [0.29, 0.717) is 30.9 Å². The van der Waals surface area contributed by atoms with E-state index in [1.807, 2.05) is 13.8 Å². The largest absolute Gasteiger partial charge is 0.449 e. The number of amides is 1. The molecule has 0 aromatic heterocycles. The molecule has 1 heterocycles. The Labute approximate surface area is 110 Å². The quantitative estimate of drug-likeness (QED) is 0.842. The number of carbonyl (C=O) groups is 1. The molecule has 4 nitrogen and oxygen atoms in total. The summed E-state index contributed by atoms with van der Waals surface area (Å²) < 4.78 is 5.28. The molecule has 0 radical (unpaired) electrons. The van der Waals surface area contributed by atoms with Gasteiger partial charge < -0.3 is 14.7 Å². The third-order valence-corrected chi connectivity index (χ3v) is 3.65. The Morgan fingerprint density at radius 2 is 2.06 bits per heavy atom. The van der Waals surface area contributed by atoms with Crippen LogP contribution in [0.2, 0.25) is 0 Å². The number of hydrogen-bond acceptors (Lipinski definition) is 3. The van der Waals surface area contributed by atoms with Crippen LogP contribution in [0.4, 0.5) is 4.79 Å². The Balaban J connectivity index is 2.64. The van der Waals surface area contributed by atoms with Gasteiger partial charge in [0.15, 0.2) is 0 Å². The van der Waals surface area contributed by atoms with Crippen molar-refractivity contribution in [1.82, 2.24) is 4.90 Å². The lowest BCUT2D eigenvalue weighted by Crippen LogP contribution is -2.52. The summed E-state index contributed by atoms with van der Waals surface area (Å²) in [6.45, 7) is 9.51. The first-order chi connectivity index (χ1) is 8.47. The van der Waals surface area contributed by atoms with E-state index >= 15 is 0 Å². The Morgan fingerprint density at radius 3 is 2.56 bits per heavy atom. The summed E-state index contributed by atoms with van der Waals surface area (Å²) in [7, 11) is 0. The van der Waals surface area contributed by atoms with Gasteiger partial charge in [-0.2, -0.15) is 0 Å². The predicted octanol–water partition coefficient (Wildman–Crippen LogP) is 2.51. The third kappa shape index (κ3) is 3.87. The molecule has 1 N–H and O–H groups in total. The lowest BCUT2D eigenvalue weighted by molar-refractivity contribution is 0.0138. The highest BCUT2D eigenvalue weighted by Gasteiger charge is 2.36. The first-order valence-electron chi connectivity index (χ1n) is 7.01. The summed E-state index contributed by atoms with van der Waals surface area (Å²) in [5.41, 5.74) is 0. The van der Waals surface area contributed by atoms with Crippen molar-refractivity contribution >= 4 is 6.09 Å². The van der Waals surface area contributed by atoms with Crippen LogP contribution in [0.1, 0.15) is 40.5 Å². The average Bonchev–Trinajstić information content (AvgIpc) is 2.34. The van der Waals surface area contributed by atoms with Crippen LogP contribution in [0.5, 0.6) is 0 Å². The van der Waals surface area contributed by atoms with Crippen molar-refractivity contribution in [3.63, 3.8) is 0 Å². The van der Waals surface area contributed by atoms with Crippen molar-refractivity contribution in [1.29, 1.82) is 0 Å². The number of carbonyl (C=O) groups excluding carboxylic acids is 1. The van der Waals surface area contributed by atoms with Crippen LogP contribution in [0, 0.1) is 17.8 Å². The van der Waals surface area contributed by atoms with Gasteiger partial charge in [-0.15, -0.1) is 0 Å². The maximum Gasteiger partial charge on any atom is 0.410 e. The molecule has 0 bridgehead atoms. The maximum atomic E-state index is 12.0. The van der Waals surface area contributed by atoms with Crippen LogP contribution >= 0.6 is 0 Å². The lowest BCUT2D eigenvalue weighted by Gasteiger charge is -2.41. The number of hydrogen-bond donors (Lipinski definition) is 1. The zero-order valence-electron chi connectivity index (χ0n) is 12.1. The van der Waals surface area contributed by atoms with E-state index < -0.39 is 0 Å². The van der Waals surface area contributed by atoms with Gasteiger partial charge in [0.1, 0.15) is 0 Å². The Hall–Kier alpha value is -0.770. The molecular formula is C14H27NO3. The molecule has 106 valence electrons. The molecule has 1 aliphatic rings. The van der Waals surface area contributed by atoms with E-state index in [4.69, 9.17) is 4.74 Å². The molecule has 0 aromatic carbocycles. The molecule has 0 aliphatic carbocycles. The molecule has 0 saturated carbocycles. The second kappa shape index (κ2) is 6.98. The van der Waals surface area contributed by atoms with Crippen molar-refractivity contribution in [2.75, 3.05) is 19.8 Å². The van der Waals surface area contributed by atoms with E-state index in [1.54, 1.807) is 4.90 Å². The lowest BCUT2D eigenvalue weighted by atomic mass is 9.81. The van der Waals surface area contributed by atoms with Gasteiger partial charge >= 0.3 is 6.09 Å². The van der Waals surface area contributed by atoms with Gasteiger partial charge in [-0.1, -0.05) is 27.7 Å². The van der Waals surface area contributed by atoms with E-state index in [0.717, 1.165) is 12.8 Å². The van der Waals surface area contributed by atoms with E-state index in [1.165, 1.54) is 0 Å². The topological polar surface area (TPSA) is 49.8 Å². The van der Waals surface area contributed by atoms with Crippen LogP contribution in [-0.4, -0.2) is 41.9 Å². The van der Waals surface area contributed by atoms with Gasteiger partial charge in [0, 0.05) is 6.54 Å². The van der Waals surface area contributed by atoms with Crippen molar-refractivity contribution in [2.24, 2.45) is 17.8 Å². The summed E-state index contributed by atoms with van der Waals surface area (Å²) >= 11 is 0. The van der Waals surface area contributed by atoms with Gasteiger partial charge in [-0.05, 0) is 30.6 Å². The first kappa shape index (κ1) is 15.3.